The van der Waals surface area contributed by atoms with E-state index in [0.717, 1.165) is 45.9 Å². The van der Waals surface area contributed by atoms with Gasteiger partial charge in [0.2, 0.25) is 5.91 Å². The number of carbonyl (C=O) groups is 1. The van der Waals surface area contributed by atoms with Crippen molar-refractivity contribution >= 4 is 5.91 Å². The largest absolute Gasteiger partial charge is 0.379 e. The molecule has 0 radical (unpaired) electrons. The van der Waals surface area contributed by atoms with E-state index in [9.17, 15) is 4.79 Å². The molecule has 3 saturated heterocycles. The molecule has 3 atom stereocenters. The van der Waals surface area contributed by atoms with Crippen molar-refractivity contribution in [2.45, 2.75) is 13.0 Å². The lowest BCUT2D eigenvalue weighted by Gasteiger charge is -2.32. The summed E-state index contributed by atoms with van der Waals surface area (Å²) in [7, 11) is 0. The molecule has 1 aromatic rings. The van der Waals surface area contributed by atoms with Gasteiger partial charge >= 0.3 is 0 Å². The number of amides is 1. The number of benzene rings is 1. The minimum Gasteiger partial charge on any atom is -0.379 e. The van der Waals surface area contributed by atoms with Gasteiger partial charge in [-0.05, 0) is 24.0 Å². The van der Waals surface area contributed by atoms with Crippen LogP contribution in [0.5, 0.6) is 0 Å². The highest BCUT2D eigenvalue weighted by Gasteiger charge is 2.47. The van der Waals surface area contributed by atoms with E-state index in [1.165, 1.54) is 11.1 Å². The summed E-state index contributed by atoms with van der Waals surface area (Å²) >= 11 is 0. The van der Waals surface area contributed by atoms with Crippen LogP contribution in [0, 0.1) is 18.8 Å². The third-order valence-corrected chi connectivity index (χ3v) is 5.85. The lowest BCUT2D eigenvalue weighted by Crippen LogP contribution is -2.45. The first-order valence-electron chi connectivity index (χ1n) is 9.10. The molecule has 4 rings (SSSR count). The highest BCUT2D eigenvalue weighted by atomic mass is 16.5. The molecule has 3 aliphatic rings. The minimum absolute atomic E-state index is 0.222. The standard InChI is InChI=1S/C19H27N3O2/c1-14-4-2-3-5-16(14)19-17-11-20-10-15(17)12-22(19)18(23)13-21-6-8-24-9-7-21/h2-5,15,17,19-20H,6-13H2,1H3/t15-,17-,19-/m0/s1. The van der Waals surface area contributed by atoms with E-state index in [4.69, 9.17) is 4.74 Å². The third kappa shape index (κ3) is 2.96. The molecule has 0 unspecified atom stereocenters. The molecule has 0 bridgehead atoms. The second-order valence-electron chi connectivity index (χ2n) is 7.32. The van der Waals surface area contributed by atoms with Crippen LogP contribution in [0.2, 0.25) is 0 Å². The van der Waals surface area contributed by atoms with E-state index in [1.807, 2.05) is 0 Å². The Bertz CT molecular complexity index is 600. The van der Waals surface area contributed by atoms with E-state index in [0.29, 0.717) is 18.4 Å². The average Bonchev–Trinajstić information content (AvgIpc) is 3.17. The number of rotatable bonds is 3. The van der Waals surface area contributed by atoms with Crippen LogP contribution in [0.3, 0.4) is 0 Å². The molecular weight excluding hydrogens is 302 g/mol. The first-order valence-corrected chi connectivity index (χ1v) is 9.10. The van der Waals surface area contributed by atoms with Crippen molar-refractivity contribution in [1.29, 1.82) is 0 Å². The molecular formula is C19H27N3O2. The van der Waals surface area contributed by atoms with Crippen molar-refractivity contribution in [3.63, 3.8) is 0 Å². The molecule has 24 heavy (non-hydrogen) atoms. The first kappa shape index (κ1) is 16.1. The Morgan fingerprint density at radius 2 is 2.04 bits per heavy atom. The van der Waals surface area contributed by atoms with Gasteiger partial charge in [-0.2, -0.15) is 0 Å². The Kier molecular flexibility index (Phi) is 4.57. The molecule has 5 nitrogen and oxygen atoms in total. The predicted octanol–water partition coefficient (Wildman–Crippen LogP) is 1.05. The molecule has 0 aliphatic carbocycles. The van der Waals surface area contributed by atoms with Gasteiger partial charge in [0.25, 0.3) is 0 Å². The molecule has 0 saturated carbocycles. The van der Waals surface area contributed by atoms with Crippen LogP contribution in [0.25, 0.3) is 0 Å². The summed E-state index contributed by atoms with van der Waals surface area (Å²) in [5, 5.41) is 3.52. The summed E-state index contributed by atoms with van der Waals surface area (Å²) in [6.07, 6.45) is 0. The van der Waals surface area contributed by atoms with Gasteiger partial charge < -0.3 is 15.0 Å². The van der Waals surface area contributed by atoms with Crippen molar-refractivity contribution in [1.82, 2.24) is 15.1 Å². The van der Waals surface area contributed by atoms with Crippen LogP contribution >= 0.6 is 0 Å². The number of nitrogens with one attached hydrogen (secondary N) is 1. The summed E-state index contributed by atoms with van der Waals surface area (Å²) in [6.45, 7) is 8.84. The lowest BCUT2D eigenvalue weighted by molar-refractivity contribution is -0.134. The van der Waals surface area contributed by atoms with Gasteiger partial charge in [0.05, 0.1) is 25.8 Å². The number of fused-ring (bicyclic) bond motifs is 1. The van der Waals surface area contributed by atoms with Crippen molar-refractivity contribution in [2.75, 3.05) is 52.5 Å². The maximum absolute atomic E-state index is 13.1. The summed E-state index contributed by atoms with van der Waals surface area (Å²) in [4.78, 5) is 17.5. The zero-order valence-corrected chi connectivity index (χ0v) is 14.4. The summed E-state index contributed by atoms with van der Waals surface area (Å²) in [5.41, 5.74) is 2.61. The number of morpholine rings is 1. The molecule has 3 heterocycles. The Hall–Kier alpha value is -1.43. The normalized spacial score (nSPS) is 30.5. The summed E-state index contributed by atoms with van der Waals surface area (Å²) < 4.78 is 5.40. The van der Waals surface area contributed by atoms with Gasteiger partial charge in [-0.15, -0.1) is 0 Å². The quantitative estimate of drug-likeness (QED) is 0.900. The maximum Gasteiger partial charge on any atom is 0.237 e. The molecule has 1 N–H and O–H groups in total. The number of hydrogen-bond donors (Lipinski definition) is 1. The smallest absolute Gasteiger partial charge is 0.237 e. The molecule has 0 spiro atoms. The SMILES string of the molecule is Cc1ccccc1[C@H]1[C@H]2CNC[C@H]2CN1C(=O)CN1CCOCC1. The second-order valence-corrected chi connectivity index (χ2v) is 7.32. The number of likely N-dealkylation sites (tertiary alicyclic amines) is 1. The fraction of sp³-hybridized carbons (Fsp3) is 0.632. The Morgan fingerprint density at radius 1 is 1.25 bits per heavy atom. The monoisotopic (exact) mass is 329 g/mol. The Morgan fingerprint density at radius 3 is 2.83 bits per heavy atom. The zero-order chi connectivity index (χ0) is 16.5. The van der Waals surface area contributed by atoms with Gasteiger partial charge in [-0.1, -0.05) is 24.3 Å². The van der Waals surface area contributed by atoms with Gasteiger partial charge in [-0.3, -0.25) is 9.69 Å². The number of hydrogen-bond acceptors (Lipinski definition) is 4. The van der Waals surface area contributed by atoms with E-state index in [1.54, 1.807) is 0 Å². The third-order valence-electron chi connectivity index (χ3n) is 5.85. The Labute approximate surface area is 144 Å². The van der Waals surface area contributed by atoms with Gasteiger partial charge in [0.15, 0.2) is 0 Å². The topological polar surface area (TPSA) is 44.8 Å². The van der Waals surface area contributed by atoms with Gasteiger partial charge in [-0.25, -0.2) is 0 Å². The fourth-order valence-electron chi connectivity index (χ4n) is 4.54. The van der Waals surface area contributed by atoms with Gasteiger partial charge in [0.1, 0.15) is 0 Å². The summed E-state index contributed by atoms with van der Waals surface area (Å²) in [5.74, 6) is 1.41. The van der Waals surface area contributed by atoms with Crippen LogP contribution in [-0.4, -0.2) is 68.2 Å². The van der Waals surface area contributed by atoms with E-state index in [2.05, 4.69) is 46.3 Å². The highest BCUT2D eigenvalue weighted by molar-refractivity contribution is 5.79. The second kappa shape index (κ2) is 6.82. The highest BCUT2D eigenvalue weighted by Crippen LogP contribution is 2.43. The predicted molar refractivity (Wildman–Crippen MR) is 92.7 cm³/mol. The van der Waals surface area contributed by atoms with Crippen LogP contribution in [-0.2, 0) is 9.53 Å². The molecule has 5 heteroatoms. The number of carbonyl (C=O) groups excluding carboxylic acids is 1. The van der Waals surface area contributed by atoms with Gasteiger partial charge in [0, 0.05) is 38.6 Å². The van der Waals surface area contributed by atoms with Crippen molar-refractivity contribution in [3.8, 4) is 0 Å². The number of aryl methyl sites for hydroxylation is 1. The van der Waals surface area contributed by atoms with Crippen LogP contribution in [0.15, 0.2) is 24.3 Å². The molecule has 1 amide bonds. The van der Waals surface area contributed by atoms with Crippen LogP contribution < -0.4 is 5.32 Å². The van der Waals surface area contributed by atoms with E-state index < -0.39 is 0 Å². The summed E-state index contributed by atoms with van der Waals surface area (Å²) in [6, 6.07) is 8.77. The molecule has 1 aromatic carbocycles. The van der Waals surface area contributed by atoms with Crippen LogP contribution in [0.4, 0.5) is 0 Å². The van der Waals surface area contributed by atoms with Crippen molar-refractivity contribution in [2.24, 2.45) is 11.8 Å². The molecule has 3 aliphatic heterocycles. The van der Waals surface area contributed by atoms with Crippen molar-refractivity contribution < 1.29 is 9.53 Å². The lowest BCUT2D eigenvalue weighted by atomic mass is 9.87. The average molecular weight is 329 g/mol. The first-order chi connectivity index (χ1) is 11.7. The van der Waals surface area contributed by atoms with Crippen molar-refractivity contribution in [3.05, 3.63) is 35.4 Å². The van der Waals surface area contributed by atoms with E-state index in [-0.39, 0.29) is 11.9 Å². The molecule has 0 aromatic heterocycles. The van der Waals surface area contributed by atoms with Crippen LogP contribution in [0.1, 0.15) is 17.2 Å². The molecule has 130 valence electrons. The number of ether oxygens (including phenoxy) is 1. The maximum atomic E-state index is 13.1. The molecule has 3 fully saturated rings. The minimum atomic E-state index is 0.222. The zero-order valence-electron chi connectivity index (χ0n) is 14.4. The van der Waals surface area contributed by atoms with E-state index >= 15 is 0 Å². The number of nitrogens with zero attached hydrogens (tertiary/aromatic N) is 2. The fourth-order valence-corrected chi connectivity index (χ4v) is 4.54. The Balaban J connectivity index is 1.56.